The van der Waals surface area contributed by atoms with Crippen molar-refractivity contribution in [2.45, 2.75) is 32.3 Å². The SMILES string of the molecule is COC(=O)C1CCC(C)CC1O. The Labute approximate surface area is 72.7 Å². The Hall–Kier alpha value is -0.570. The van der Waals surface area contributed by atoms with Crippen LogP contribution in [0.2, 0.25) is 0 Å². The molecule has 1 aliphatic rings. The zero-order valence-electron chi connectivity index (χ0n) is 7.62. The second kappa shape index (κ2) is 3.90. The third kappa shape index (κ3) is 1.97. The van der Waals surface area contributed by atoms with E-state index >= 15 is 0 Å². The minimum Gasteiger partial charge on any atom is -0.469 e. The Morgan fingerprint density at radius 2 is 2.17 bits per heavy atom. The Morgan fingerprint density at radius 1 is 1.50 bits per heavy atom. The number of rotatable bonds is 1. The van der Waals surface area contributed by atoms with E-state index in [4.69, 9.17) is 0 Å². The predicted octanol–water partition coefficient (Wildman–Crippen LogP) is 0.956. The van der Waals surface area contributed by atoms with E-state index in [1.807, 2.05) is 0 Å². The molecular formula is C9H16O3. The van der Waals surface area contributed by atoms with Crippen molar-refractivity contribution in [2.75, 3.05) is 7.11 Å². The van der Waals surface area contributed by atoms with Crippen molar-refractivity contribution in [3.63, 3.8) is 0 Å². The lowest BCUT2D eigenvalue weighted by molar-refractivity contribution is -0.151. The molecule has 0 amide bonds. The number of ether oxygens (including phenoxy) is 1. The lowest BCUT2D eigenvalue weighted by Crippen LogP contribution is -2.34. The van der Waals surface area contributed by atoms with Crippen LogP contribution in [0.15, 0.2) is 0 Å². The van der Waals surface area contributed by atoms with Gasteiger partial charge in [0.25, 0.3) is 0 Å². The maximum absolute atomic E-state index is 11.1. The van der Waals surface area contributed by atoms with Gasteiger partial charge in [0.1, 0.15) is 0 Å². The van der Waals surface area contributed by atoms with Crippen molar-refractivity contribution >= 4 is 5.97 Å². The van der Waals surface area contributed by atoms with Gasteiger partial charge in [0, 0.05) is 0 Å². The highest BCUT2D eigenvalue weighted by molar-refractivity contribution is 5.73. The minimum absolute atomic E-state index is 0.269. The standard InChI is InChI=1S/C9H16O3/c1-6-3-4-7(8(10)5-6)9(11)12-2/h6-8,10H,3-5H2,1-2H3. The summed E-state index contributed by atoms with van der Waals surface area (Å²) in [7, 11) is 1.37. The van der Waals surface area contributed by atoms with Gasteiger partial charge in [0.05, 0.1) is 19.1 Å². The largest absolute Gasteiger partial charge is 0.469 e. The van der Waals surface area contributed by atoms with E-state index in [0.29, 0.717) is 5.92 Å². The fourth-order valence-corrected chi connectivity index (χ4v) is 1.78. The van der Waals surface area contributed by atoms with E-state index in [9.17, 15) is 9.90 Å². The van der Waals surface area contributed by atoms with Gasteiger partial charge in [-0.05, 0) is 25.2 Å². The van der Waals surface area contributed by atoms with Crippen molar-refractivity contribution in [3.8, 4) is 0 Å². The fraction of sp³-hybridized carbons (Fsp3) is 0.889. The van der Waals surface area contributed by atoms with Crippen LogP contribution in [0.5, 0.6) is 0 Å². The average Bonchev–Trinajstić information content (AvgIpc) is 2.03. The van der Waals surface area contributed by atoms with Gasteiger partial charge in [-0.25, -0.2) is 0 Å². The predicted molar refractivity (Wildman–Crippen MR) is 44.5 cm³/mol. The van der Waals surface area contributed by atoms with Crippen molar-refractivity contribution in [2.24, 2.45) is 11.8 Å². The highest BCUT2D eigenvalue weighted by Gasteiger charge is 2.32. The van der Waals surface area contributed by atoms with Crippen LogP contribution in [-0.4, -0.2) is 24.3 Å². The molecule has 0 aromatic carbocycles. The summed E-state index contributed by atoms with van der Waals surface area (Å²) in [5, 5.41) is 9.54. The van der Waals surface area contributed by atoms with Crippen molar-refractivity contribution in [3.05, 3.63) is 0 Å². The molecule has 1 N–H and O–H groups in total. The molecule has 0 saturated heterocycles. The Morgan fingerprint density at radius 3 is 2.67 bits per heavy atom. The van der Waals surface area contributed by atoms with Crippen LogP contribution in [0.3, 0.4) is 0 Å². The first kappa shape index (κ1) is 9.52. The quantitative estimate of drug-likeness (QED) is 0.599. The molecule has 1 saturated carbocycles. The van der Waals surface area contributed by atoms with Crippen LogP contribution >= 0.6 is 0 Å². The molecule has 0 aliphatic heterocycles. The molecule has 0 spiro atoms. The molecule has 3 heteroatoms. The molecule has 0 aromatic rings. The first-order valence-electron chi connectivity index (χ1n) is 4.41. The molecule has 3 atom stereocenters. The average molecular weight is 172 g/mol. The summed E-state index contributed by atoms with van der Waals surface area (Å²) in [6.07, 6.45) is 1.99. The van der Waals surface area contributed by atoms with Gasteiger partial charge in [-0.2, -0.15) is 0 Å². The van der Waals surface area contributed by atoms with E-state index in [2.05, 4.69) is 11.7 Å². The first-order valence-corrected chi connectivity index (χ1v) is 4.41. The van der Waals surface area contributed by atoms with Crippen LogP contribution < -0.4 is 0 Å². The summed E-state index contributed by atoms with van der Waals surface area (Å²) in [6, 6.07) is 0. The number of methoxy groups -OCH3 is 1. The zero-order chi connectivity index (χ0) is 9.14. The van der Waals surface area contributed by atoms with E-state index in [1.54, 1.807) is 0 Å². The van der Waals surface area contributed by atoms with Crippen LogP contribution in [0, 0.1) is 11.8 Å². The molecule has 0 aromatic heterocycles. The summed E-state index contributed by atoms with van der Waals surface area (Å²) in [5.74, 6) is -0.0264. The lowest BCUT2D eigenvalue weighted by atomic mass is 9.81. The lowest BCUT2D eigenvalue weighted by Gasteiger charge is -2.29. The Bertz CT molecular complexity index is 167. The molecule has 0 radical (unpaired) electrons. The monoisotopic (exact) mass is 172 g/mol. The van der Waals surface area contributed by atoms with E-state index in [0.717, 1.165) is 19.3 Å². The molecule has 1 fully saturated rings. The van der Waals surface area contributed by atoms with Crippen LogP contribution in [-0.2, 0) is 9.53 Å². The molecule has 12 heavy (non-hydrogen) atoms. The molecule has 70 valence electrons. The van der Waals surface area contributed by atoms with Gasteiger partial charge in [-0.3, -0.25) is 4.79 Å². The summed E-state index contributed by atoms with van der Waals surface area (Å²) >= 11 is 0. The highest BCUT2D eigenvalue weighted by Crippen LogP contribution is 2.29. The maximum atomic E-state index is 11.1. The van der Waals surface area contributed by atoms with Crippen LogP contribution in [0.4, 0.5) is 0 Å². The van der Waals surface area contributed by atoms with Gasteiger partial charge in [-0.15, -0.1) is 0 Å². The summed E-state index contributed by atoms with van der Waals surface area (Å²) in [6.45, 7) is 2.09. The second-order valence-electron chi connectivity index (χ2n) is 3.62. The van der Waals surface area contributed by atoms with Gasteiger partial charge < -0.3 is 9.84 Å². The van der Waals surface area contributed by atoms with E-state index in [1.165, 1.54) is 7.11 Å². The minimum atomic E-state index is -0.499. The summed E-state index contributed by atoms with van der Waals surface area (Å²) < 4.78 is 4.60. The van der Waals surface area contributed by atoms with Crippen molar-refractivity contribution in [1.82, 2.24) is 0 Å². The highest BCUT2D eigenvalue weighted by atomic mass is 16.5. The maximum Gasteiger partial charge on any atom is 0.311 e. The molecule has 3 unspecified atom stereocenters. The van der Waals surface area contributed by atoms with Gasteiger partial charge in [0.15, 0.2) is 0 Å². The van der Waals surface area contributed by atoms with Gasteiger partial charge in [0.2, 0.25) is 0 Å². The second-order valence-corrected chi connectivity index (χ2v) is 3.62. The molecule has 0 bridgehead atoms. The van der Waals surface area contributed by atoms with Crippen LogP contribution in [0.1, 0.15) is 26.2 Å². The normalized spacial score (nSPS) is 36.1. The number of esters is 1. The molecule has 3 nitrogen and oxygen atoms in total. The Balaban J connectivity index is 2.50. The number of carbonyl (C=O) groups is 1. The van der Waals surface area contributed by atoms with Crippen LogP contribution in [0.25, 0.3) is 0 Å². The smallest absolute Gasteiger partial charge is 0.311 e. The van der Waals surface area contributed by atoms with Crippen molar-refractivity contribution < 1.29 is 14.6 Å². The fourth-order valence-electron chi connectivity index (χ4n) is 1.78. The molecule has 1 aliphatic carbocycles. The van der Waals surface area contributed by atoms with E-state index in [-0.39, 0.29) is 11.9 Å². The molecule has 1 rings (SSSR count). The number of aliphatic hydroxyl groups excluding tert-OH is 1. The van der Waals surface area contributed by atoms with Gasteiger partial charge >= 0.3 is 5.97 Å². The Kier molecular flexibility index (Phi) is 3.09. The van der Waals surface area contributed by atoms with Gasteiger partial charge in [-0.1, -0.05) is 6.92 Å². The molecule has 0 heterocycles. The third-order valence-corrected chi connectivity index (χ3v) is 2.58. The summed E-state index contributed by atoms with van der Waals surface area (Å²) in [4.78, 5) is 11.1. The molecular weight excluding hydrogens is 156 g/mol. The number of hydrogen-bond acceptors (Lipinski definition) is 3. The third-order valence-electron chi connectivity index (χ3n) is 2.58. The topological polar surface area (TPSA) is 46.5 Å². The number of aliphatic hydroxyl groups is 1. The first-order chi connectivity index (χ1) is 5.65. The zero-order valence-corrected chi connectivity index (χ0v) is 7.62. The summed E-state index contributed by atoms with van der Waals surface area (Å²) in [5.41, 5.74) is 0. The van der Waals surface area contributed by atoms with Crippen molar-refractivity contribution in [1.29, 1.82) is 0 Å². The number of hydrogen-bond donors (Lipinski definition) is 1. The van der Waals surface area contributed by atoms with E-state index < -0.39 is 6.10 Å². The number of carbonyl (C=O) groups excluding carboxylic acids is 1.